The number of nitrogen functional groups attached to an aromatic ring is 1. The summed E-state index contributed by atoms with van der Waals surface area (Å²) < 4.78 is 1.95. The zero-order valence-electron chi connectivity index (χ0n) is 10.8. The Morgan fingerprint density at radius 2 is 1.90 bits per heavy atom. The molecule has 1 aromatic heterocycles. The fourth-order valence-electron chi connectivity index (χ4n) is 2.44. The van der Waals surface area contributed by atoms with Crippen LogP contribution in [0.5, 0.6) is 0 Å². The van der Waals surface area contributed by atoms with Gasteiger partial charge in [0.2, 0.25) is 5.95 Å². The van der Waals surface area contributed by atoms with Gasteiger partial charge in [-0.3, -0.25) is 0 Å². The van der Waals surface area contributed by atoms with Crippen molar-refractivity contribution < 1.29 is 0 Å². The summed E-state index contributed by atoms with van der Waals surface area (Å²) in [6.45, 7) is 2.04. The van der Waals surface area contributed by atoms with Crippen LogP contribution in [0, 0.1) is 0 Å². The van der Waals surface area contributed by atoms with Crippen LogP contribution in [0.25, 0.3) is 11.0 Å². The molecule has 3 nitrogen and oxygen atoms in total. The number of nitrogens with two attached hydrogens (primary N) is 1. The van der Waals surface area contributed by atoms with Crippen LogP contribution >= 0.6 is 23.2 Å². The molecule has 0 spiro atoms. The van der Waals surface area contributed by atoms with E-state index in [0.717, 1.165) is 16.6 Å². The van der Waals surface area contributed by atoms with E-state index in [-0.39, 0.29) is 6.04 Å². The molecular weight excluding hydrogens is 293 g/mol. The predicted molar refractivity (Wildman–Crippen MR) is 84.4 cm³/mol. The van der Waals surface area contributed by atoms with Gasteiger partial charge in [0.25, 0.3) is 0 Å². The van der Waals surface area contributed by atoms with Crippen molar-refractivity contribution in [3.63, 3.8) is 0 Å². The molecule has 0 radical (unpaired) electrons. The maximum Gasteiger partial charge on any atom is 0.201 e. The van der Waals surface area contributed by atoms with Gasteiger partial charge in [-0.05, 0) is 36.8 Å². The van der Waals surface area contributed by atoms with Gasteiger partial charge in [0, 0.05) is 10.0 Å². The number of rotatable bonds is 2. The molecule has 1 atom stereocenters. The number of imidazole rings is 1. The third kappa shape index (κ3) is 2.13. The average molecular weight is 306 g/mol. The zero-order chi connectivity index (χ0) is 14.3. The summed E-state index contributed by atoms with van der Waals surface area (Å²) >= 11 is 12.3. The van der Waals surface area contributed by atoms with Gasteiger partial charge in [0.15, 0.2) is 0 Å². The van der Waals surface area contributed by atoms with E-state index in [0.29, 0.717) is 16.0 Å². The lowest BCUT2D eigenvalue weighted by Gasteiger charge is -2.17. The van der Waals surface area contributed by atoms with Gasteiger partial charge in [-0.2, -0.15) is 0 Å². The quantitative estimate of drug-likeness (QED) is 0.755. The van der Waals surface area contributed by atoms with Crippen molar-refractivity contribution >= 4 is 40.2 Å². The summed E-state index contributed by atoms with van der Waals surface area (Å²) in [5, 5.41) is 1.37. The highest BCUT2D eigenvalue weighted by molar-refractivity contribution is 6.31. The van der Waals surface area contributed by atoms with Crippen molar-refractivity contribution in [2.24, 2.45) is 0 Å². The van der Waals surface area contributed by atoms with Crippen LogP contribution in [0.3, 0.4) is 0 Å². The molecule has 3 aromatic rings. The second kappa shape index (κ2) is 5.00. The van der Waals surface area contributed by atoms with Crippen molar-refractivity contribution in [2.45, 2.75) is 13.0 Å². The first-order valence-corrected chi connectivity index (χ1v) is 7.01. The molecule has 1 heterocycles. The molecule has 0 bridgehead atoms. The Morgan fingerprint density at radius 1 is 1.15 bits per heavy atom. The lowest BCUT2D eigenvalue weighted by Crippen LogP contribution is -2.10. The van der Waals surface area contributed by atoms with E-state index in [1.807, 2.05) is 47.9 Å². The van der Waals surface area contributed by atoms with E-state index in [9.17, 15) is 0 Å². The van der Waals surface area contributed by atoms with Gasteiger partial charge in [-0.1, -0.05) is 41.4 Å². The summed E-state index contributed by atoms with van der Waals surface area (Å²) in [5.74, 6) is 0.453. The standard InChI is InChI=1S/C15H13Cl2N3/c1-9(11-4-2-3-5-12(11)17)20-14-8-10(16)6-7-13(14)19-15(20)18/h2-9H,1H3,(H2,18,19). The van der Waals surface area contributed by atoms with Crippen LogP contribution in [0.15, 0.2) is 42.5 Å². The Labute approximate surface area is 126 Å². The largest absolute Gasteiger partial charge is 0.369 e. The fourth-order valence-corrected chi connectivity index (χ4v) is 2.90. The number of nitrogens with zero attached hydrogens (tertiary/aromatic N) is 2. The molecule has 0 fully saturated rings. The number of hydrogen-bond donors (Lipinski definition) is 1. The maximum atomic E-state index is 6.27. The Morgan fingerprint density at radius 3 is 2.65 bits per heavy atom. The van der Waals surface area contributed by atoms with Crippen LogP contribution in [0.4, 0.5) is 5.95 Å². The molecule has 0 saturated heterocycles. The van der Waals surface area contributed by atoms with Gasteiger partial charge in [0.1, 0.15) is 0 Å². The highest BCUT2D eigenvalue weighted by atomic mass is 35.5. The molecule has 0 amide bonds. The Balaban J connectivity index is 2.21. The minimum absolute atomic E-state index is 0.0211. The second-order valence-corrected chi connectivity index (χ2v) is 5.51. The first kappa shape index (κ1) is 13.3. The number of hydrogen-bond acceptors (Lipinski definition) is 2. The molecular formula is C15H13Cl2N3. The molecule has 3 rings (SSSR count). The third-order valence-electron chi connectivity index (χ3n) is 3.42. The summed E-state index contributed by atoms with van der Waals surface area (Å²) in [6.07, 6.45) is 0. The molecule has 0 aliphatic carbocycles. The van der Waals surface area contributed by atoms with Crippen molar-refractivity contribution in [3.8, 4) is 0 Å². The van der Waals surface area contributed by atoms with Crippen LogP contribution in [-0.4, -0.2) is 9.55 Å². The minimum Gasteiger partial charge on any atom is -0.369 e. The fraction of sp³-hybridized carbons (Fsp3) is 0.133. The first-order chi connectivity index (χ1) is 9.58. The summed E-state index contributed by atoms with van der Waals surface area (Å²) in [5.41, 5.74) is 8.79. The van der Waals surface area contributed by atoms with Crippen LogP contribution in [0.1, 0.15) is 18.5 Å². The van der Waals surface area contributed by atoms with Gasteiger partial charge in [0.05, 0.1) is 17.1 Å². The zero-order valence-corrected chi connectivity index (χ0v) is 12.4. The van der Waals surface area contributed by atoms with Gasteiger partial charge in [-0.15, -0.1) is 0 Å². The number of fused-ring (bicyclic) bond motifs is 1. The topological polar surface area (TPSA) is 43.8 Å². The Bertz CT molecular complexity index is 780. The maximum absolute atomic E-state index is 6.27. The summed E-state index contributed by atoms with van der Waals surface area (Å²) in [7, 11) is 0. The second-order valence-electron chi connectivity index (χ2n) is 4.67. The predicted octanol–water partition coefficient (Wildman–Crippen LogP) is 4.53. The van der Waals surface area contributed by atoms with Gasteiger partial charge < -0.3 is 10.3 Å². The van der Waals surface area contributed by atoms with Crippen LogP contribution < -0.4 is 5.73 Å². The van der Waals surface area contributed by atoms with Gasteiger partial charge >= 0.3 is 0 Å². The van der Waals surface area contributed by atoms with Crippen molar-refractivity contribution in [1.82, 2.24) is 9.55 Å². The smallest absolute Gasteiger partial charge is 0.201 e. The number of anilines is 1. The molecule has 5 heteroatoms. The van der Waals surface area contributed by atoms with E-state index in [2.05, 4.69) is 4.98 Å². The van der Waals surface area contributed by atoms with Crippen LogP contribution in [-0.2, 0) is 0 Å². The summed E-state index contributed by atoms with van der Waals surface area (Å²) in [6, 6.07) is 13.2. The molecule has 0 aliphatic rings. The number of halogens is 2. The van der Waals surface area contributed by atoms with Crippen LogP contribution in [0.2, 0.25) is 10.0 Å². The third-order valence-corrected chi connectivity index (χ3v) is 4.00. The van der Waals surface area contributed by atoms with E-state index < -0.39 is 0 Å². The summed E-state index contributed by atoms with van der Waals surface area (Å²) in [4.78, 5) is 4.37. The molecule has 0 aliphatic heterocycles. The van der Waals surface area contributed by atoms with Crippen molar-refractivity contribution in [1.29, 1.82) is 0 Å². The van der Waals surface area contributed by atoms with E-state index >= 15 is 0 Å². The SMILES string of the molecule is CC(c1ccccc1Cl)n1c(N)nc2ccc(Cl)cc21. The molecule has 0 saturated carbocycles. The molecule has 1 unspecified atom stereocenters. The Kier molecular flexibility index (Phi) is 3.32. The highest BCUT2D eigenvalue weighted by Crippen LogP contribution is 2.31. The van der Waals surface area contributed by atoms with E-state index in [4.69, 9.17) is 28.9 Å². The average Bonchev–Trinajstić information content (AvgIpc) is 2.74. The molecule has 2 N–H and O–H groups in total. The van der Waals surface area contributed by atoms with Crippen molar-refractivity contribution in [2.75, 3.05) is 5.73 Å². The van der Waals surface area contributed by atoms with Crippen molar-refractivity contribution in [3.05, 3.63) is 58.1 Å². The lowest BCUT2D eigenvalue weighted by molar-refractivity contribution is 0.668. The normalized spacial score (nSPS) is 12.8. The molecule has 20 heavy (non-hydrogen) atoms. The number of aromatic nitrogens is 2. The Hall–Kier alpha value is -1.71. The number of benzene rings is 2. The molecule has 2 aromatic carbocycles. The lowest BCUT2D eigenvalue weighted by atomic mass is 10.1. The highest BCUT2D eigenvalue weighted by Gasteiger charge is 2.17. The first-order valence-electron chi connectivity index (χ1n) is 6.25. The van der Waals surface area contributed by atoms with E-state index in [1.165, 1.54) is 0 Å². The minimum atomic E-state index is -0.0211. The van der Waals surface area contributed by atoms with Gasteiger partial charge in [-0.25, -0.2) is 4.98 Å². The molecule has 102 valence electrons. The van der Waals surface area contributed by atoms with E-state index in [1.54, 1.807) is 6.07 Å². The monoisotopic (exact) mass is 305 g/mol.